The topological polar surface area (TPSA) is 43.4 Å². The first-order valence-corrected chi connectivity index (χ1v) is 8.95. The Bertz CT molecular complexity index is 1010. The first kappa shape index (κ1) is 18.0. The van der Waals surface area contributed by atoms with Crippen LogP contribution in [0.3, 0.4) is 0 Å². The van der Waals surface area contributed by atoms with Gasteiger partial charge in [0.05, 0.1) is 0 Å². The summed E-state index contributed by atoms with van der Waals surface area (Å²) in [6.07, 6.45) is 0. The molecule has 0 aliphatic rings. The van der Waals surface area contributed by atoms with Gasteiger partial charge in [-0.25, -0.2) is 0 Å². The molecular weight excluding hydrogens is 365 g/mol. The molecule has 0 aliphatic heterocycles. The Hall–Kier alpha value is -2.80. The molecule has 3 nitrogen and oxygen atoms in total. The maximum absolute atomic E-state index is 12.7. The molecule has 0 atom stereocenters. The Kier molecular flexibility index (Phi) is 4.73. The van der Waals surface area contributed by atoms with Crippen LogP contribution in [-0.4, -0.2) is 13.9 Å². The summed E-state index contributed by atoms with van der Waals surface area (Å²) < 4.78 is 65.3. The molecule has 0 N–H and O–H groups in total. The second-order valence-electron chi connectivity index (χ2n) is 5.39. The average Bonchev–Trinajstić information content (AvgIpc) is 2.62. The van der Waals surface area contributed by atoms with Gasteiger partial charge in [-0.3, -0.25) is 0 Å². The van der Waals surface area contributed by atoms with Gasteiger partial charge in [-0.2, -0.15) is 21.6 Å². The van der Waals surface area contributed by atoms with Gasteiger partial charge in [-0.15, -0.1) is 0 Å². The van der Waals surface area contributed by atoms with Crippen molar-refractivity contribution in [3.05, 3.63) is 78.9 Å². The molecule has 3 aromatic rings. The smallest absolute Gasteiger partial charge is 0.375 e. The largest absolute Gasteiger partial charge is 0.534 e. The van der Waals surface area contributed by atoms with Crippen molar-refractivity contribution in [2.45, 2.75) is 5.51 Å². The van der Waals surface area contributed by atoms with E-state index >= 15 is 0 Å². The van der Waals surface area contributed by atoms with E-state index in [1.165, 1.54) is 18.2 Å². The van der Waals surface area contributed by atoms with Gasteiger partial charge in [0.25, 0.3) is 0 Å². The Morgan fingerprint density at radius 2 is 1.15 bits per heavy atom. The van der Waals surface area contributed by atoms with Crippen LogP contribution in [0.15, 0.2) is 78.9 Å². The molecule has 0 heterocycles. The molecule has 0 spiro atoms. The van der Waals surface area contributed by atoms with Gasteiger partial charge in [0, 0.05) is 5.56 Å². The highest BCUT2D eigenvalue weighted by Gasteiger charge is 2.48. The fourth-order valence-electron chi connectivity index (χ4n) is 2.51. The summed E-state index contributed by atoms with van der Waals surface area (Å²) in [4.78, 5) is 0. The highest BCUT2D eigenvalue weighted by Crippen LogP contribution is 2.38. The molecule has 0 saturated heterocycles. The summed E-state index contributed by atoms with van der Waals surface area (Å²) in [6, 6.07) is 22.0. The van der Waals surface area contributed by atoms with Crippen LogP contribution < -0.4 is 4.18 Å². The van der Waals surface area contributed by atoms with Crippen LogP contribution in [0.1, 0.15) is 0 Å². The molecule has 0 unspecified atom stereocenters. The molecule has 7 heteroatoms. The van der Waals surface area contributed by atoms with Gasteiger partial charge >= 0.3 is 15.6 Å². The molecule has 0 bridgehead atoms. The molecule has 0 radical (unpaired) electrons. The minimum absolute atomic E-state index is 0.250. The molecular formula is C19H13F3O3S. The van der Waals surface area contributed by atoms with E-state index in [0.717, 1.165) is 11.1 Å². The van der Waals surface area contributed by atoms with Crippen molar-refractivity contribution in [1.29, 1.82) is 0 Å². The standard InChI is InChI=1S/C19H13F3O3S/c20-19(21,22)26(23,24)25-18-13-7-6-12-17(18)16-11-5-4-10-15(16)14-8-2-1-3-9-14/h1-13H. The number of benzene rings is 3. The summed E-state index contributed by atoms with van der Waals surface area (Å²) in [5.74, 6) is -0.381. The number of rotatable bonds is 4. The molecule has 26 heavy (non-hydrogen) atoms. The summed E-state index contributed by atoms with van der Waals surface area (Å²) >= 11 is 0. The zero-order chi connectivity index (χ0) is 18.8. The Labute approximate surface area is 148 Å². The van der Waals surface area contributed by atoms with Crippen molar-refractivity contribution in [2.24, 2.45) is 0 Å². The summed E-state index contributed by atoms with van der Waals surface area (Å²) in [5.41, 5.74) is -3.10. The number of hydrogen-bond donors (Lipinski definition) is 0. The third kappa shape index (κ3) is 3.57. The van der Waals surface area contributed by atoms with Crippen LogP contribution in [-0.2, 0) is 10.1 Å². The van der Waals surface area contributed by atoms with Crippen molar-refractivity contribution < 1.29 is 25.8 Å². The van der Waals surface area contributed by atoms with Gasteiger partial charge in [0.15, 0.2) is 5.75 Å². The quantitative estimate of drug-likeness (QED) is 0.460. The van der Waals surface area contributed by atoms with Gasteiger partial charge < -0.3 is 4.18 Å². The minimum atomic E-state index is -5.76. The van der Waals surface area contributed by atoms with Crippen molar-refractivity contribution in [2.75, 3.05) is 0 Å². The monoisotopic (exact) mass is 378 g/mol. The van der Waals surface area contributed by atoms with Crippen LogP contribution in [0.25, 0.3) is 22.3 Å². The molecule has 0 fully saturated rings. The van der Waals surface area contributed by atoms with Gasteiger partial charge in [0.2, 0.25) is 0 Å². The average molecular weight is 378 g/mol. The predicted octanol–water partition coefficient (Wildman–Crippen LogP) is 5.25. The summed E-state index contributed by atoms with van der Waals surface area (Å²) in [7, 11) is -5.76. The first-order valence-electron chi connectivity index (χ1n) is 7.54. The zero-order valence-electron chi connectivity index (χ0n) is 13.3. The lowest BCUT2D eigenvalue weighted by Gasteiger charge is -2.15. The maximum atomic E-state index is 12.7. The SMILES string of the molecule is O=S(=O)(Oc1ccccc1-c1ccccc1-c1ccccc1)C(F)(F)F. The zero-order valence-corrected chi connectivity index (χ0v) is 14.1. The molecule has 0 saturated carbocycles. The second kappa shape index (κ2) is 6.84. The highest BCUT2D eigenvalue weighted by atomic mass is 32.2. The maximum Gasteiger partial charge on any atom is 0.534 e. The molecule has 0 aromatic heterocycles. The van der Waals surface area contributed by atoms with Crippen molar-refractivity contribution in [1.82, 2.24) is 0 Å². The predicted molar refractivity (Wildman–Crippen MR) is 92.9 cm³/mol. The molecule has 0 amide bonds. The van der Waals surface area contributed by atoms with E-state index in [9.17, 15) is 21.6 Å². The van der Waals surface area contributed by atoms with Crippen molar-refractivity contribution >= 4 is 10.1 Å². The van der Waals surface area contributed by atoms with Gasteiger partial charge in [-0.1, -0.05) is 72.8 Å². The van der Waals surface area contributed by atoms with Crippen LogP contribution in [0.5, 0.6) is 5.75 Å². The van der Waals surface area contributed by atoms with Crippen molar-refractivity contribution in [3.8, 4) is 28.0 Å². The fraction of sp³-hybridized carbons (Fsp3) is 0.0526. The molecule has 134 valence electrons. The minimum Gasteiger partial charge on any atom is -0.375 e. The highest BCUT2D eigenvalue weighted by molar-refractivity contribution is 7.88. The van der Waals surface area contributed by atoms with E-state index in [2.05, 4.69) is 4.18 Å². The molecule has 0 aliphatic carbocycles. The summed E-state index contributed by atoms with van der Waals surface area (Å²) in [6.45, 7) is 0. The lowest BCUT2D eigenvalue weighted by molar-refractivity contribution is -0.0499. The van der Waals surface area contributed by atoms with E-state index in [0.29, 0.717) is 5.56 Å². The number of halogens is 3. The first-order chi connectivity index (χ1) is 12.3. The Morgan fingerprint density at radius 3 is 1.77 bits per heavy atom. The third-order valence-electron chi connectivity index (χ3n) is 3.67. The Morgan fingerprint density at radius 1 is 0.654 bits per heavy atom. The lowest BCUT2D eigenvalue weighted by atomic mass is 9.94. The van der Waals surface area contributed by atoms with Crippen LogP contribution in [0.2, 0.25) is 0 Å². The van der Waals surface area contributed by atoms with E-state index in [-0.39, 0.29) is 11.3 Å². The number of hydrogen-bond acceptors (Lipinski definition) is 3. The number of alkyl halides is 3. The fourth-order valence-corrected chi connectivity index (χ4v) is 2.99. The van der Waals surface area contributed by atoms with Crippen LogP contribution in [0.4, 0.5) is 13.2 Å². The van der Waals surface area contributed by atoms with Crippen molar-refractivity contribution in [3.63, 3.8) is 0 Å². The molecule has 3 aromatic carbocycles. The Balaban J connectivity index is 2.14. The van der Waals surface area contributed by atoms with E-state index in [4.69, 9.17) is 0 Å². The van der Waals surface area contributed by atoms with Gasteiger partial charge in [-0.05, 0) is 22.8 Å². The van der Waals surface area contributed by atoms with Crippen LogP contribution in [0, 0.1) is 0 Å². The number of para-hydroxylation sites is 1. The van der Waals surface area contributed by atoms with E-state index in [1.807, 2.05) is 30.3 Å². The normalized spacial score (nSPS) is 12.0. The second-order valence-corrected chi connectivity index (χ2v) is 6.93. The van der Waals surface area contributed by atoms with E-state index in [1.54, 1.807) is 30.3 Å². The van der Waals surface area contributed by atoms with Gasteiger partial charge in [0.1, 0.15) is 0 Å². The summed E-state index contributed by atoms with van der Waals surface area (Å²) in [5, 5.41) is 0. The lowest BCUT2D eigenvalue weighted by Crippen LogP contribution is -2.28. The van der Waals surface area contributed by atoms with E-state index < -0.39 is 15.6 Å². The third-order valence-corrected chi connectivity index (χ3v) is 4.64. The van der Waals surface area contributed by atoms with Crippen LogP contribution >= 0.6 is 0 Å². The molecule has 3 rings (SSSR count).